The molecular formula is C58H94O26. The standard InChI is InChI=1S/C58H94O26/c1-23(2)15-25-16-56(8,72)47-26-9-10-32-54(6)13-12-33(53(4,5)31(54)11-14-55(32,7)57(26)21-58(47,84-25)76-22-57)80-51-46(83-50-43(71)38(66)34(62)24(3)77-50)44(28(61)19-74-51)81-52-45(82-49-41(69)35(63)27(60)18-73-49)40(68)37(65)30(79-52)20-75-48-42(70)39(67)36(64)29(17-59)78-48/h15,24-52,59-72H,9-14,16-22H2,1-8H3/t24-,25+,26+,27+,28-,29+,30+,31+,32+,33-,34-,35-,36+,37+,38+,39-,40-,41+,42+,43+,44-,45+,46+,47-,48+,49-,50-,51-,52-,54-,55+,56-,57-,58-/m0/s1. The Hall–Kier alpha value is -1.30. The smallest absolute Gasteiger partial charge is 0.187 e. The third-order valence-corrected chi connectivity index (χ3v) is 22.5. The molecule has 26 nitrogen and oxygen atoms in total. The van der Waals surface area contributed by atoms with Crippen molar-refractivity contribution >= 4 is 0 Å². The van der Waals surface area contributed by atoms with Gasteiger partial charge in [0.15, 0.2) is 37.2 Å². The largest absolute Gasteiger partial charge is 0.394 e. The van der Waals surface area contributed by atoms with E-state index in [4.69, 9.17) is 56.8 Å². The van der Waals surface area contributed by atoms with E-state index in [9.17, 15) is 71.5 Å². The quantitative estimate of drug-likeness (QED) is 0.0658. The lowest BCUT2D eigenvalue weighted by molar-refractivity contribution is -0.401. The molecule has 26 heteroatoms. The van der Waals surface area contributed by atoms with Gasteiger partial charge in [-0.05, 0) is 100 Å². The lowest BCUT2D eigenvalue weighted by atomic mass is 9.35. The zero-order chi connectivity index (χ0) is 60.7. The van der Waals surface area contributed by atoms with Crippen molar-refractivity contribution in [1.82, 2.24) is 0 Å². The number of rotatable bonds is 13. The van der Waals surface area contributed by atoms with Crippen molar-refractivity contribution in [2.24, 2.45) is 45.3 Å². The van der Waals surface area contributed by atoms with Gasteiger partial charge in [0.25, 0.3) is 0 Å². The van der Waals surface area contributed by atoms with Crippen LogP contribution in [0.5, 0.6) is 0 Å². The van der Waals surface area contributed by atoms with Gasteiger partial charge in [-0.3, -0.25) is 0 Å². The average Bonchev–Trinajstić information content (AvgIpc) is 1.44. The zero-order valence-corrected chi connectivity index (χ0v) is 49.2. The van der Waals surface area contributed by atoms with Crippen molar-refractivity contribution in [2.75, 3.05) is 33.0 Å². The van der Waals surface area contributed by atoms with Gasteiger partial charge in [-0.25, -0.2) is 0 Å². The molecular weight excluding hydrogens is 1110 g/mol. The van der Waals surface area contributed by atoms with Gasteiger partial charge < -0.3 is 128 Å². The Morgan fingerprint density at radius 2 is 1.21 bits per heavy atom. The van der Waals surface area contributed by atoms with Crippen LogP contribution >= 0.6 is 0 Å². The Labute approximate surface area is 488 Å². The number of fused-ring (bicyclic) bond motifs is 4. The van der Waals surface area contributed by atoms with E-state index in [1.165, 1.54) is 6.92 Å². The van der Waals surface area contributed by atoms with Gasteiger partial charge in [-0.1, -0.05) is 39.3 Å². The fraction of sp³-hybridized carbons (Fsp3) is 0.966. The van der Waals surface area contributed by atoms with Gasteiger partial charge in [0.2, 0.25) is 0 Å². The van der Waals surface area contributed by atoms with E-state index in [0.29, 0.717) is 19.4 Å². The molecule has 0 unspecified atom stereocenters. The van der Waals surface area contributed by atoms with E-state index in [0.717, 1.165) is 44.1 Å². The van der Waals surface area contributed by atoms with Gasteiger partial charge >= 0.3 is 0 Å². The SMILES string of the molecule is CC(C)=C[C@@H]1C[C@](C)(O)[C@@H]2[C@H]3CC[C@@H]4[C@@]5(C)CC[C@H](O[C@@H]6OC[C@H](O)[C@H](O[C@@H]7O[C@H](CO[C@@H]8O[C@H](CO)[C@@H](O)[C@H](O)[C@H]8O)[C@@H](O)[C@H](O)[C@H]7O[C@@H]7OC[C@@H](O)[C@H](O)[C@H]7O)[C@H]6O[C@@H]6O[C@@H](C)[C@H](O)[C@@H](O)[C@H]6O)C(C)(C)[C@H]5CC[C@@]4(C)[C@@]34CO[C@@]2(C4)O1. The first-order valence-electron chi connectivity index (χ1n) is 30.3. The summed E-state index contributed by atoms with van der Waals surface area (Å²) in [7, 11) is 0. The summed E-state index contributed by atoms with van der Waals surface area (Å²) in [6.45, 7) is 14.8. The summed E-state index contributed by atoms with van der Waals surface area (Å²) >= 11 is 0. The second kappa shape index (κ2) is 23.4. The molecule has 7 saturated heterocycles. The highest BCUT2D eigenvalue weighted by Crippen LogP contribution is 2.80. The second-order valence-electron chi connectivity index (χ2n) is 28.2. The maximum absolute atomic E-state index is 12.3. The lowest BCUT2D eigenvalue weighted by Gasteiger charge is -2.70. The molecule has 34 atom stereocenters. The van der Waals surface area contributed by atoms with Gasteiger partial charge in [-0.15, -0.1) is 0 Å². The summed E-state index contributed by atoms with van der Waals surface area (Å²) in [6, 6.07) is 0. The normalized spacial score (nSPS) is 57.1. The first kappa shape index (κ1) is 64.2. The van der Waals surface area contributed by atoms with E-state index in [1.54, 1.807) is 0 Å². The highest BCUT2D eigenvalue weighted by Gasteiger charge is 2.81. The summed E-state index contributed by atoms with van der Waals surface area (Å²) < 4.78 is 75.5. The first-order valence-corrected chi connectivity index (χ1v) is 30.3. The molecule has 7 heterocycles. The Balaban J connectivity index is 0.870. The van der Waals surface area contributed by atoms with Crippen LogP contribution in [0, 0.1) is 45.3 Å². The van der Waals surface area contributed by atoms with Crippen molar-refractivity contribution < 1.29 is 128 Å². The fourth-order valence-corrected chi connectivity index (χ4v) is 18.3. The molecule has 11 fully saturated rings. The summed E-state index contributed by atoms with van der Waals surface area (Å²) in [5.41, 5.74) is -0.980. The minimum absolute atomic E-state index is 0.110. The first-order chi connectivity index (χ1) is 39.4. The van der Waals surface area contributed by atoms with E-state index in [1.807, 2.05) is 20.8 Å². The van der Waals surface area contributed by atoms with Crippen LogP contribution in [0.3, 0.4) is 0 Å². The van der Waals surface area contributed by atoms with E-state index in [2.05, 4.69) is 33.8 Å². The van der Waals surface area contributed by atoms with E-state index < -0.39 is 191 Å². The molecule has 11 aliphatic rings. The summed E-state index contributed by atoms with van der Waals surface area (Å²) in [4.78, 5) is 0. The number of hydrogen-bond donors (Lipinski definition) is 14. The Bertz CT molecular complexity index is 2330. The highest BCUT2D eigenvalue weighted by molar-refractivity contribution is 5.27. The number of aliphatic hydroxyl groups is 14. The minimum atomic E-state index is -2.04. The van der Waals surface area contributed by atoms with Gasteiger partial charge in [0.1, 0.15) is 104 Å². The molecule has 0 radical (unpaired) electrons. The van der Waals surface area contributed by atoms with Crippen molar-refractivity contribution in [3.8, 4) is 0 Å². The van der Waals surface area contributed by atoms with Crippen molar-refractivity contribution in [1.29, 1.82) is 0 Å². The summed E-state index contributed by atoms with van der Waals surface area (Å²) in [5.74, 6) is -0.440. The Morgan fingerprint density at radius 3 is 1.93 bits per heavy atom. The summed E-state index contributed by atoms with van der Waals surface area (Å²) in [5, 5.41) is 154. The van der Waals surface area contributed by atoms with Crippen molar-refractivity contribution in [3.63, 3.8) is 0 Å². The van der Waals surface area contributed by atoms with Crippen molar-refractivity contribution in [3.05, 3.63) is 11.6 Å². The monoisotopic (exact) mass is 1210 g/mol. The van der Waals surface area contributed by atoms with Crippen LogP contribution in [-0.2, 0) is 56.8 Å². The van der Waals surface area contributed by atoms with Crippen LogP contribution in [0.1, 0.15) is 107 Å². The van der Waals surface area contributed by atoms with Gasteiger partial charge in [0.05, 0.1) is 56.9 Å². The molecule has 2 bridgehead atoms. The molecule has 2 spiro atoms. The van der Waals surface area contributed by atoms with Crippen LogP contribution in [0.15, 0.2) is 11.6 Å². The molecule has 11 rings (SSSR count). The Morgan fingerprint density at radius 1 is 0.583 bits per heavy atom. The molecule has 4 saturated carbocycles. The zero-order valence-electron chi connectivity index (χ0n) is 49.2. The number of aliphatic hydroxyl groups excluding tert-OH is 13. The van der Waals surface area contributed by atoms with Gasteiger partial charge in [0, 0.05) is 24.2 Å². The third-order valence-electron chi connectivity index (χ3n) is 22.5. The second-order valence-corrected chi connectivity index (χ2v) is 28.2. The van der Waals surface area contributed by atoms with Crippen LogP contribution < -0.4 is 0 Å². The number of allylic oxidation sites excluding steroid dienone is 1. The molecule has 0 amide bonds. The van der Waals surface area contributed by atoms with E-state index >= 15 is 0 Å². The number of hydrogen-bond acceptors (Lipinski definition) is 26. The number of ether oxygens (including phenoxy) is 12. The molecule has 84 heavy (non-hydrogen) atoms. The molecule has 482 valence electrons. The summed E-state index contributed by atoms with van der Waals surface area (Å²) in [6.07, 6.45) is -31.8. The topological polar surface area (TPSA) is 394 Å². The molecule has 4 aliphatic carbocycles. The van der Waals surface area contributed by atoms with E-state index in [-0.39, 0.29) is 46.0 Å². The van der Waals surface area contributed by atoms with Gasteiger partial charge in [-0.2, -0.15) is 0 Å². The van der Waals surface area contributed by atoms with Crippen LogP contribution in [0.4, 0.5) is 0 Å². The molecule has 14 N–H and O–H groups in total. The fourth-order valence-electron chi connectivity index (χ4n) is 18.3. The van der Waals surface area contributed by atoms with Crippen LogP contribution in [0.25, 0.3) is 0 Å². The third kappa shape index (κ3) is 10.5. The predicted molar refractivity (Wildman–Crippen MR) is 283 cm³/mol. The maximum atomic E-state index is 12.3. The molecule has 7 aliphatic heterocycles. The maximum Gasteiger partial charge on any atom is 0.187 e. The average molecular weight is 1210 g/mol. The highest BCUT2D eigenvalue weighted by atomic mass is 16.8. The molecule has 0 aromatic heterocycles. The van der Waals surface area contributed by atoms with Crippen LogP contribution in [-0.4, -0.2) is 269 Å². The lowest BCUT2D eigenvalue weighted by Crippen LogP contribution is -2.68. The molecule has 0 aromatic rings. The predicted octanol–water partition coefficient (Wildman–Crippen LogP) is -2.72. The van der Waals surface area contributed by atoms with Crippen LogP contribution in [0.2, 0.25) is 0 Å². The Kier molecular flexibility index (Phi) is 17.9. The minimum Gasteiger partial charge on any atom is -0.394 e. The van der Waals surface area contributed by atoms with Crippen molar-refractivity contribution in [2.45, 2.75) is 272 Å². The molecule has 0 aromatic carbocycles.